The topological polar surface area (TPSA) is 53.2 Å². The number of amides is 2. The third kappa shape index (κ3) is 2.23. The molecule has 1 saturated carbocycles. The van der Waals surface area contributed by atoms with E-state index in [1.807, 2.05) is 12.1 Å². The van der Waals surface area contributed by atoms with Gasteiger partial charge in [-0.05, 0) is 30.0 Å². The molecule has 1 aromatic rings. The second-order valence-corrected chi connectivity index (χ2v) is 5.06. The number of benzene rings is 1. The van der Waals surface area contributed by atoms with Gasteiger partial charge in [-0.15, -0.1) is 0 Å². The van der Waals surface area contributed by atoms with Gasteiger partial charge in [-0.25, -0.2) is 4.79 Å². The summed E-state index contributed by atoms with van der Waals surface area (Å²) in [7, 11) is 0. The minimum absolute atomic E-state index is 0.147. The van der Waals surface area contributed by atoms with Crippen LogP contribution >= 0.6 is 11.6 Å². The highest BCUT2D eigenvalue weighted by Crippen LogP contribution is 2.41. The van der Waals surface area contributed by atoms with E-state index in [0.29, 0.717) is 22.9 Å². The van der Waals surface area contributed by atoms with Gasteiger partial charge >= 0.3 is 6.03 Å². The predicted molar refractivity (Wildman–Crippen MR) is 67.2 cm³/mol. The minimum atomic E-state index is -0.147. The quantitative estimate of drug-likeness (QED) is 0.749. The molecule has 1 saturated heterocycles. The Morgan fingerprint density at radius 3 is 2.82 bits per heavy atom. The summed E-state index contributed by atoms with van der Waals surface area (Å²) in [5.74, 6) is 1.25. The van der Waals surface area contributed by atoms with Crippen molar-refractivity contribution in [2.45, 2.75) is 6.04 Å². The number of carbonyl (C=O) groups excluding carboxylic acids is 1. The summed E-state index contributed by atoms with van der Waals surface area (Å²) in [6.07, 6.45) is 0. The monoisotopic (exact) mass is 251 g/mol. The highest BCUT2D eigenvalue weighted by atomic mass is 35.5. The lowest BCUT2D eigenvalue weighted by Crippen LogP contribution is -2.35. The summed E-state index contributed by atoms with van der Waals surface area (Å²) in [6, 6.07) is 7.34. The van der Waals surface area contributed by atoms with E-state index in [4.69, 9.17) is 11.6 Å². The summed E-state index contributed by atoms with van der Waals surface area (Å²) in [6.45, 7) is 2.04. The van der Waals surface area contributed by atoms with Gasteiger partial charge in [-0.2, -0.15) is 0 Å². The number of rotatable bonds is 2. The zero-order chi connectivity index (χ0) is 11.8. The normalized spacial score (nSPS) is 29.6. The lowest BCUT2D eigenvalue weighted by molar-refractivity contribution is 0.250. The molecule has 3 N–H and O–H groups in total. The van der Waals surface area contributed by atoms with Crippen LogP contribution in [-0.2, 0) is 0 Å². The Morgan fingerprint density at radius 2 is 2.12 bits per heavy atom. The molecule has 2 atom stereocenters. The highest BCUT2D eigenvalue weighted by molar-refractivity contribution is 6.30. The van der Waals surface area contributed by atoms with E-state index in [1.165, 1.54) is 0 Å². The van der Waals surface area contributed by atoms with Crippen molar-refractivity contribution >= 4 is 23.3 Å². The fourth-order valence-corrected chi connectivity index (χ4v) is 2.71. The van der Waals surface area contributed by atoms with Crippen LogP contribution in [0.2, 0.25) is 5.02 Å². The van der Waals surface area contributed by atoms with Crippen LogP contribution in [0, 0.1) is 11.8 Å². The Labute approximate surface area is 105 Å². The number of urea groups is 1. The van der Waals surface area contributed by atoms with Gasteiger partial charge in [0.1, 0.15) is 0 Å². The van der Waals surface area contributed by atoms with Crippen molar-refractivity contribution in [1.82, 2.24) is 10.6 Å². The Morgan fingerprint density at radius 1 is 1.35 bits per heavy atom. The van der Waals surface area contributed by atoms with E-state index in [2.05, 4.69) is 16.0 Å². The van der Waals surface area contributed by atoms with E-state index in [-0.39, 0.29) is 6.03 Å². The average Bonchev–Trinajstić information content (AvgIpc) is 2.74. The van der Waals surface area contributed by atoms with Gasteiger partial charge in [-0.3, -0.25) is 0 Å². The molecule has 1 heterocycles. The number of piperidine rings is 1. The fourth-order valence-electron chi connectivity index (χ4n) is 2.52. The molecule has 4 nitrogen and oxygen atoms in total. The molecule has 0 aromatic heterocycles. The fraction of sp³-hybridized carbons (Fsp3) is 0.417. The van der Waals surface area contributed by atoms with Crippen molar-refractivity contribution in [1.29, 1.82) is 0 Å². The van der Waals surface area contributed by atoms with Crippen molar-refractivity contribution in [2.24, 2.45) is 11.8 Å². The molecule has 2 fully saturated rings. The van der Waals surface area contributed by atoms with Crippen molar-refractivity contribution in [3.05, 3.63) is 29.3 Å². The number of hydrogen-bond donors (Lipinski definition) is 3. The van der Waals surface area contributed by atoms with E-state index >= 15 is 0 Å². The van der Waals surface area contributed by atoms with E-state index < -0.39 is 0 Å². The van der Waals surface area contributed by atoms with Gasteiger partial charge < -0.3 is 16.0 Å². The second-order valence-electron chi connectivity index (χ2n) is 4.62. The van der Waals surface area contributed by atoms with Gasteiger partial charge in [0.15, 0.2) is 0 Å². The Bertz CT molecular complexity index is 441. The zero-order valence-corrected chi connectivity index (χ0v) is 10.00. The molecule has 0 bridgehead atoms. The number of hydrogen-bond acceptors (Lipinski definition) is 2. The van der Waals surface area contributed by atoms with Gasteiger partial charge in [0.05, 0.1) is 0 Å². The highest BCUT2D eigenvalue weighted by Gasteiger charge is 2.53. The van der Waals surface area contributed by atoms with Crippen molar-refractivity contribution in [3.8, 4) is 0 Å². The average molecular weight is 252 g/mol. The third-order valence-electron chi connectivity index (χ3n) is 3.47. The SMILES string of the molecule is O=C(Nc1cccc(Cl)c1)NC1C2CNCC21. The summed E-state index contributed by atoms with van der Waals surface area (Å²) in [4.78, 5) is 11.7. The Kier molecular flexibility index (Phi) is 2.68. The Hall–Kier alpha value is -1.26. The summed E-state index contributed by atoms with van der Waals surface area (Å²) < 4.78 is 0. The van der Waals surface area contributed by atoms with Crippen LogP contribution in [0.3, 0.4) is 0 Å². The first kappa shape index (κ1) is 10.9. The summed E-state index contributed by atoms with van der Waals surface area (Å²) in [5.41, 5.74) is 0.721. The maximum Gasteiger partial charge on any atom is 0.319 e. The third-order valence-corrected chi connectivity index (χ3v) is 3.71. The number of nitrogens with one attached hydrogen (secondary N) is 3. The zero-order valence-electron chi connectivity index (χ0n) is 9.24. The molecule has 1 aliphatic heterocycles. The molecule has 0 radical (unpaired) electrons. The van der Waals surface area contributed by atoms with Gasteiger partial charge in [-0.1, -0.05) is 17.7 Å². The standard InChI is InChI=1S/C12H14ClN3O/c13-7-2-1-3-8(4-7)15-12(17)16-11-9-5-14-6-10(9)11/h1-4,9-11,14H,5-6H2,(H2,15,16,17). The predicted octanol–water partition coefficient (Wildman–Crippen LogP) is 1.68. The summed E-state index contributed by atoms with van der Waals surface area (Å²) >= 11 is 5.84. The molecular weight excluding hydrogens is 238 g/mol. The van der Waals surface area contributed by atoms with Crippen LogP contribution in [0.25, 0.3) is 0 Å². The molecule has 17 heavy (non-hydrogen) atoms. The molecule has 0 spiro atoms. The molecule has 2 amide bonds. The van der Waals surface area contributed by atoms with Crippen LogP contribution in [0.5, 0.6) is 0 Å². The molecule has 90 valence electrons. The van der Waals surface area contributed by atoms with Crippen LogP contribution in [-0.4, -0.2) is 25.2 Å². The first-order valence-electron chi connectivity index (χ1n) is 5.78. The van der Waals surface area contributed by atoms with E-state index in [1.54, 1.807) is 12.1 Å². The number of anilines is 1. The second kappa shape index (κ2) is 4.20. The first-order valence-corrected chi connectivity index (χ1v) is 6.15. The number of fused-ring (bicyclic) bond motifs is 1. The first-order chi connectivity index (χ1) is 8.24. The van der Waals surface area contributed by atoms with Crippen LogP contribution in [0.1, 0.15) is 0 Å². The largest absolute Gasteiger partial charge is 0.334 e. The molecule has 5 heteroatoms. The van der Waals surface area contributed by atoms with Crippen molar-refractivity contribution in [3.63, 3.8) is 0 Å². The molecular formula is C12H14ClN3O. The molecule has 2 unspecified atom stereocenters. The number of carbonyl (C=O) groups is 1. The van der Waals surface area contributed by atoms with Crippen LogP contribution in [0.15, 0.2) is 24.3 Å². The maximum absolute atomic E-state index is 11.7. The lowest BCUT2D eigenvalue weighted by atomic mass is 10.3. The number of halogens is 1. The molecule has 2 aliphatic rings. The minimum Gasteiger partial charge on any atom is -0.334 e. The smallest absolute Gasteiger partial charge is 0.319 e. The van der Waals surface area contributed by atoms with E-state index in [9.17, 15) is 4.79 Å². The molecule has 1 aromatic carbocycles. The van der Waals surface area contributed by atoms with Crippen molar-refractivity contribution in [2.75, 3.05) is 18.4 Å². The van der Waals surface area contributed by atoms with Crippen molar-refractivity contribution < 1.29 is 4.79 Å². The maximum atomic E-state index is 11.7. The van der Waals surface area contributed by atoms with Crippen LogP contribution < -0.4 is 16.0 Å². The van der Waals surface area contributed by atoms with Gasteiger partial charge in [0.25, 0.3) is 0 Å². The summed E-state index contributed by atoms with van der Waals surface area (Å²) in [5, 5.41) is 9.69. The van der Waals surface area contributed by atoms with E-state index in [0.717, 1.165) is 18.8 Å². The van der Waals surface area contributed by atoms with Gasteiger partial charge in [0, 0.05) is 29.8 Å². The van der Waals surface area contributed by atoms with Gasteiger partial charge in [0.2, 0.25) is 0 Å². The lowest BCUT2D eigenvalue weighted by Gasteiger charge is -2.09. The molecule has 3 rings (SSSR count). The Balaban J connectivity index is 1.54. The molecule has 1 aliphatic carbocycles. The van der Waals surface area contributed by atoms with Crippen LogP contribution in [0.4, 0.5) is 10.5 Å².